The average molecular weight is 424 g/mol. The third-order valence-corrected chi connectivity index (χ3v) is 6.27. The molecule has 1 saturated heterocycles. The van der Waals surface area contributed by atoms with Crippen molar-refractivity contribution in [1.29, 1.82) is 0 Å². The van der Waals surface area contributed by atoms with Crippen molar-refractivity contribution in [2.75, 3.05) is 40.4 Å². The Bertz CT molecular complexity index is 967. The number of amidine groups is 1. The van der Waals surface area contributed by atoms with Crippen LogP contribution in [0.5, 0.6) is 11.5 Å². The number of rotatable bonds is 5. The zero-order chi connectivity index (χ0) is 20.9. The van der Waals surface area contributed by atoms with Crippen LogP contribution in [0.25, 0.3) is 6.08 Å². The van der Waals surface area contributed by atoms with Crippen molar-refractivity contribution >= 4 is 28.9 Å². The highest BCUT2D eigenvalue weighted by Gasteiger charge is 2.28. The van der Waals surface area contributed by atoms with E-state index < -0.39 is 0 Å². The van der Waals surface area contributed by atoms with Gasteiger partial charge in [-0.3, -0.25) is 9.69 Å². The van der Waals surface area contributed by atoms with Gasteiger partial charge >= 0.3 is 0 Å². The Balaban J connectivity index is 1.40. The highest BCUT2D eigenvalue weighted by atomic mass is 32.2. The fourth-order valence-electron chi connectivity index (χ4n) is 3.64. The van der Waals surface area contributed by atoms with Crippen LogP contribution in [0.4, 0.5) is 0 Å². The van der Waals surface area contributed by atoms with Crippen molar-refractivity contribution in [3.05, 3.63) is 64.6 Å². The molecule has 0 spiro atoms. The SMILES string of the molecule is COc1cccc(C=C2SC(N3CCN(Cc4ccccc4)CC3)=NC2=O)c1OC. The lowest BCUT2D eigenvalue weighted by atomic mass is 10.1. The first kappa shape index (κ1) is 20.5. The Morgan fingerprint density at radius 3 is 2.47 bits per heavy atom. The highest BCUT2D eigenvalue weighted by molar-refractivity contribution is 8.18. The molecule has 0 unspecified atom stereocenters. The van der Waals surface area contributed by atoms with Gasteiger partial charge in [-0.1, -0.05) is 42.5 Å². The van der Waals surface area contributed by atoms with E-state index in [0.29, 0.717) is 16.4 Å². The molecule has 2 aliphatic heterocycles. The topological polar surface area (TPSA) is 54.4 Å². The summed E-state index contributed by atoms with van der Waals surface area (Å²) in [5, 5.41) is 0.785. The number of methoxy groups -OCH3 is 2. The maximum Gasteiger partial charge on any atom is 0.286 e. The maximum absolute atomic E-state index is 12.5. The van der Waals surface area contributed by atoms with Crippen LogP contribution in [0.1, 0.15) is 11.1 Å². The van der Waals surface area contributed by atoms with Gasteiger partial charge in [0, 0.05) is 38.3 Å². The van der Waals surface area contributed by atoms with Gasteiger partial charge in [0.25, 0.3) is 5.91 Å². The lowest BCUT2D eigenvalue weighted by molar-refractivity contribution is -0.113. The average Bonchev–Trinajstić information content (AvgIpc) is 3.15. The molecule has 6 nitrogen and oxygen atoms in total. The van der Waals surface area contributed by atoms with Gasteiger partial charge in [0.2, 0.25) is 0 Å². The Morgan fingerprint density at radius 1 is 1.00 bits per heavy atom. The number of carbonyl (C=O) groups is 1. The monoisotopic (exact) mass is 423 g/mol. The van der Waals surface area contributed by atoms with Crippen molar-refractivity contribution in [3.8, 4) is 11.5 Å². The zero-order valence-electron chi connectivity index (χ0n) is 17.2. The number of hydrogen-bond acceptors (Lipinski definition) is 6. The predicted octanol–water partition coefficient (Wildman–Crippen LogP) is 3.49. The first-order valence-electron chi connectivity index (χ1n) is 9.92. The Morgan fingerprint density at radius 2 is 1.77 bits per heavy atom. The maximum atomic E-state index is 12.5. The number of thioether (sulfide) groups is 1. The third kappa shape index (κ3) is 4.52. The molecule has 2 aromatic rings. The van der Waals surface area contributed by atoms with Crippen LogP contribution in [0, 0.1) is 0 Å². The van der Waals surface area contributed by atoms with Crippen LogP contribution >= 0.6 is 11.8 Å². The molecule has 7 heteroatoms. The number of piperazine rings is 1. The molecular formula is C23H25N3O3S. The minimum Gasteiger partial charge on any atom is -0.493 e. The van der Waals surface area contributed by atoms with Gasteiger partial charge in [-0.2, -0.15) is 4.99 Å². The fraction of sp³-hybridized carbons (Fsp3) is 0.304. The van der Waals surface area contributed by atoms with Crippen LogP contribution in [0.15, 0.2) is 58.4 Å². The Hall–Kier alpha value is -2.77. The summed E-state index contributed by atoms with van der Waals surface area (Å²) in [6, 6.07) is 16.1. The molecule has 0 atom stereocenters. The molecule has 2 heterocycles. The minimum absolute atomic E-state index is 0.202. The van der Waals surface area contributed by atoms with Gasteiger partial charge in [-0.05, 0) is 29.5 Å². The van der Waals surface area contributed by atoms with E-state index in [2.05, 4.69) is 39.1 Å². The van der Waals surface area contributed by atoms with E-state index in [9.17, 15) is 4.79 Å². The molecule has 0 N–H and O–H groups in total. The molecular weight excluding hydrogens is 398 g/mol. The first-order chi connectivity index (χ1) is 14.7. The zero-order valence-corrected chi connectivity index (χ0v) is 18.0. The van der Waals surface area contributed by atoms with Crippen LogP contribution in [-0.2, 0) is 11.3 Å². The molecule has 0 aliphatic carbocycles. The summed E-state index contributed by atoms with van der Waals surface area (Å²) in [6.07, 6.45) is 1.83. The third-order valence-electron chi connectivity index (χ3n) is 5.22. The number of carbonyl (C=O) groups excluding carboxylic acids is 1. The second-order valence-electron chi connectivity index (χ2n) is 7.14. The van der Waals surface area contributed by atoms with E-state index >= 15 is 0 Å². The second-order valence-corrected chi connectivity index (χ2v) is 8.15. The number of aliphatic imine (C=N–C) groups is 1. The van der Waals surface area contributed by atoms with E-state index in [-0.39, 0.29) is 5.91 Å². The number of ether oxygens (including phenoxy) is 2. The summed E-state index contributed by atoms with van der Waals surface area (Å²) >= 11 is 1.43. The van der Waals surface area contributed by atoms with Crippen molar-refractivity contribution in [2.24, 2.45) is 4.99 Å². The molecule has 30 heavy (non-hydrogen) atoms. The van der Waals surface area contributed by atoms with E-state index in [4.69, 9.17) is 9.47 Å². The summed E-state index contributed by atoms with van der Waals surface area (Å²) in [5.74, 6) is 1.05. The molecule has 1 fully saturated rings. The van der Waals surface area contributed by atoms with Gasteiger partial charge in [-0.15, -0.1) is 0 Å². The van der Waals surface area contributed by atoms with Crippen LogP contribution in [-0.4, -0.2) is 61.3 Å². The van der Waals surface area contributed by atoms with E-state index in [0.717, 1.165) is 43.5 Å². The van der Waals surface area contributed by atoms with Crippen LogP contribution in [0.3, 0.4) is 0 Å². The predicted molar refractivity (Wildman–Crippen MR) is 121 cm³/mol. The smallest absolute Gasteiger partial charge is 0.286 e. The number of hydrogen-bond donors (Lipinski definition) is 0. The van der Waals surface area contributed by atoms with E-state index in [1.165, 1.54) is 17.3 Å². The van der Waals surface area contributed by atoms with Crippen LogP contribution < -0.4 is 9.47 Å². The summed E-state index contributed by atoms with van der Waals surface area (Å²) in [6.45, 7) is 4.58. The van der Waals surface area contributed by atoms with Gasteiger partial charge in [0.05, 0.1) is 19.1 Å². The molecule has 156 valence electrons. The molecule has 2 aromatic carbocycles. The molecule has 4 rings (SSSR count). The molecule has 0 aromatic heterocycles. The molecule has 0 saturated carbocycles. The quantitative estimate of drug-likeness (QED) is 0.687. The lowest BCUT2D eigenvalue weighted by Gasteiger charge is -2.35. The summed E-state index contributed by atoms with van der Waals surface area (Å²) < 4.78 is 10.8. The van der Waals surface area contributed by atoms with E-state index in [1.54, 1.807) is 14.2 Å². The number of benzene rings is 2. The molecule has 2 aliphatic rings. The number of nitrogens with zero attached hydrogens (tertiary/aromatic N) is 3. The number of amides is 1. The summed E-state index contributed by atoms with van der Waals surface area (Å²) in [4.78, 5) is 22.0. The van der Waals surface area contributed by atoms with Gasteiger partial charge in [-0.25, -0.2) is 0 Å². The molecule has 0 bridgehead atoms. The van der Waals surface area contributed by atoms with Gasteiger partial charge in [0.15, 0.2) is 16.7 Å². The summed E-state index contributed by atoms with van der Waals surface area (Å²) in [5.41, 5.74) is 2.13. The lowest BCUT2D eigenvalue weighted by Crippen LogP contribution is -2.47. The molecule has 1 amide bonds. The Labute approximate surface area is 181 Å². The van der Waals surface area contributed by atoms with Gasteiger partial charge < -0.3 is 14.4 Å². The van der Waals surface area contributed by atoms with Crippen molar-refractivity contribution < 1.29 is 14.3 Å². The fourth-order valence-corrected chi connectivity index (χ4v) is 4.59. The second kappa shape index (κ2) is 9.36. The number of para-hydroxylation sites is 1. The standard InChI is InChI=1S/C23H25N3O3S/c1-28-19-10-6-9-18(21(19)29-2)15-20-22(27)24-23(30-20)26-13-11-25(12-14-26)16-17-7-4-3-5-8-17/h3-10,15H,11-14,16H2,1-2H3. The summed E-state index contributed by atoms with van der Waals surface area (Å²) in [7, 11) is 3.20. The van der Waals surface area contributed by atoms with Crippen LogP contribution in [0.2, 0.25) is 0 Å². The minimum atomic E-state index is -0.202. The van der Waals surface area contributed by atoms with Crippen molar-refractivity contribution in [1.82, 2.24) is 9.80 Å². The molecule has 0 radical (unpaired) electrons. The largest absolute Gasteiger partial charge is 0.493 e. The van der Waals surface area contributed by atoms with Crippen molar-refractivity contribution in [2.45, 2.75) is 6.54 Å². The Kier molecular flexibility index (Phi) is 6.40. The normalized spacial score (nSPS) is 18.6. The first-order valence-corrected chi connectivity index (χ1v) is 10.7. The van der Waals surface area contributed by atoms with E-state index in [1.807, 2.05) is 30.3 Å². The van der Waals surface area contributed by atoms with Gasteiger partial charge in [0.1, 0.15) is 0 Å². The highest BCUT2D eigenvalue weighted by Crippen LogP contribution is 2.36. The van der Waals surface area contributed by atoms with Crippen molar-refractivity contribution in [3.63, 3.8) is 0 Å².